The van der Waals surface area contributed by atoms with Gasteiger partial charge in [-0.2, -0.15) is 0 Å². The molecule has 24 heavy (non-hydrogen) atoms. The summed E-state index contributed by atoms with van der Waals surface area (Å²) in [4.78, 5) is 10.4. The van der Waals surface area contributed by atoms with Crippen molar-refractivity contribution in [3.63, 3.8) is 0 Å². The van der Waals surface area contributed by atoms with E-state index in [1.54, 1.807) is 19.2 Å². The number of rotatable bonds is 5. The number of nitrogens with zero attached hydrogens (tertiary/aromatic N) is 2. The van der Waals surface area contributed by atoms with E-state index in [0.29, 0.717) is 0 Å². The Hall–Kier alpha value is -1.98. The number of likely N-dealkylation sites (tertiary alicyclic amines) is 1. The molecule has 0 spiro atoms. The third kappa shape index (κ3) is 3.74. The van der Waals surface area contributed by atoms with Gasteiger partial charge in [0.05, 0.1) is 17.8 Å². The van der Waals surface area contributed by atoms with Crippen molar-refractivity contribution in [2.24, 2.45) is 0 Å². The first-order valence-corrected chi connectivity index (χ1v) is 8.29. The van der Waals surface area contributed by atoms with Crippen LogP contribution in [0.2, 0.25) is 0 Å². The van der Waals surface area contributed by atoms with E-state index in [1.807, 2.05) is 19.9 Å². The van der Waals surface area contributed by atoms with Crippen LogP contribution in [0.5, 0.6) is 0 Å². The molecule has 2 aromatic rings. The number of halogens is 1. The molecule has 1 aromatic heterocycles. The Morgan fingerprint density at radius 1 is 1.33 bits per heavy atom. The number of aryl methyl sites for hydroxylation is 2. The minimum atomic E-state index is -0.210. The van der Waals surface area contributed by atoms with Crippen molar-refractivity contribution in [3.8, 4) is 0 Å². The van der Waals surface area contributed by atoms with Crippen LogP contribution < -0.4 is 0 Å². The second kappa shape index (κ2) is 7.28. The number of aromatic nitrogens is 2. The highest BCUT2D eigenvalue weighted by atomic mass is 19.1. The number of ether oxygens (including phenoxy) is 1. The lowest BCUT2D eigenvalue weighted by Crippen LogP contribution is -2.25. The average molecular weight is 329 g/mol. The highest BCUT2D eigenvalue weighted by molar-refractivity contribution is 5.49. The maximum atomic E-state index is 13.0. The number of hydrogen-bond donors (Lipinski definition) is 1. The molecule has 0 radical (unpaired) electrons. The molecule has 1 aliphatic rings. The number of H-pyrrole nitrogens is 1. The van der Waals surface area contributed by atoms with Crippen molar-refractivity contribution in [2.45, 2.75) is 32.4 Å². The molecule has 5 heteroatoms. The third-order valence-electron chi connectivity index (χ3n) is 4.68. The van der Waals surface area contributed by atoms with E-state index in [0.717, 1.165) is 42.3 Å². The summed E-state index contributed by atoms with van der Waals surface area (Å²) in [6.07, 6.45) is 5.30. The van der Waals surface area contributed by atoms with E-state index in [-0.39, 0.29) is 18.0 Å². The second-order valence-electron chi connectivity index (χ2n) is 6.35. The van der Waals surface area contributed by atoms with Crippen molar-refractivity contribution < 1.29 is 9.13 Å². The molecule has 0 bridgehead atoms. The molecular weight excluding hydrogens is 305 g/mol. The predicted octanol–water partition coefficient (Wildman–Crippen LogP) is 3.64. The third-order valence-corrected chi connectivity index (χ3v) is 4.68. The van der Waals surface area contributed by atoms with Gasteiger partial charge in [-0.3, -0.25) is 4.90 Å². The summed E-state index contributed by atoms with van der Waals surface area (Å²) in [6.45, 7) is 5.76. The largest absolute Gasteiger partial charge is 0.380 e. The van der Waals surface area contributed by atoms with Crippen LogP contribution in [-0.4, -0.2) is 41.2 Å². The van der Waals surface area contributed by atoms with Gasteiger partial charge >= 0.3 is 0 Å². The first-order valence-electron chi connectivity index (χ1n) is 8.29. The fourth-order valence-corrected chi connectivity index (χ4v) is 3.15. The lowest BCUT2D eigenvalue weighted by Gasteiger charge is -2.20. The maximum absolute atomic E-state index is 13.0. The quantitative estimate of drug-likeness (QED) is 0.910. The van der Waals surface area contributed by atoms with Gasteiger partial charge in [0.15, 0.2) is 0 Å². The van der Waals surface area contributed by atoms with E-state index >= 15 is 0 Å². The smallest absolute Gasteiger partial charge is 0.124 e. The van der Waals surface area contributed by atoms with Crippen LogP contribution in [0, 0.1) is 19.7 Å². The molecule has 2 heterocycles. The van der Waals surface area contributed by atoms with Gasteiger partial charge in [0.25, 0.3) is 0 Å². The number of benzene rings is 1. The molecule has 1 N–H and O–H groups in total. The van der Waals surface area contributed by atoms with E-state index < -0.39 is 0 Å². The number of nitrogens with one attached hydrogen (secondary N) is 1. The van der Waals surface area contributed by atoms with Crippen LogP contribution in [0.4, 0.5) is 4.39 Å². The summed E-state index contributed by atoms with van der Waals surface area (Å²) in [6, 6.07) is 6.76. The van der Waals surface area contributed by atoms with Gasteiger partial charge in [-0.25, -0.2) is 9.37 Å². The number of aromatic amines is 1. The summed E-state index contributed by atoms with van der Waals surface area (Å²) in [5.74, 6) is 0.804. The van der Waals surface area contributed by atoms with Crippen molar-refractivity contribution >= 4 is 6.08 Å². The predicted molar refractivity (Wildman–Crippen MR) is 93.2 cm³/mol. The zero-order valence-electron chi connectivity index (χ0n) is 14.4. The van der Waals surface area contributed by atoms with Crippen molar-refractivity contribution in [1.82, 2.24) is 14.9 Å². The summed E-state index contributed by atoms with van der Waals surface area (Å²) < 4.78 is 18.5. The fraction of sp³-hybridized carbons (Fsp3) is 0.421. The molecule has 0 saturated carbocycles. The summed E-state index contributed by atoms with van der Waals surface area (Å²) in [5.41, 5.74) is 3.17. The minimum absolute atomic E-state index is 0.210. The summed E-state index contributed by atoms with van der Waals surface area (Å²) in [5, 5.41) is 0. The van der Waals surface area contributed by atoms with E-state index in [9.17, 15) is 4.39 Å². The topological polar surface area (TPSA) is 41.1 Å². The van der Waals surface area contributed by atoms with Crippen LogP contribution in [0.3, 0.4) is 0 Å². The van der Waals surface area contributed by atoms with Crippen LogP contribution in [0.25, 0.3) is 6.08 Å². The zero-order valence-corrected chi connectivity index (χ0v) is 14.4. The van der Waals surface area contributed by atoms with E-state index in [4.69, 9.17) is 4.74 Å². The number of imidazole rings is 1. The molecular formula is C19H24FN3O. The zero-order chi connectivity index (χ0) is 17.1. The monoisotopic (exact) mass is 329 g/mol. The maximum Gasteiger partial charge on any atom is 0.124 e. The molecule has 128 valence electrons. The van der Waals surface area contributed by atoms with Crippen LogP contribution in [-0.2, 0) is 4.74 Å². The van der Waals surface area contributed by atoms with E-state index in [1.165, 1.54) is 12.1 Å². The Morgan fingerprint density at radius 2 is 2.08 bits per heavy atom. The number of hydrogen-bond acceptors (Lipinski definition) is 3. The minimum Gasteiger partial charge on any atom is -0.380 e. The first-order chi connectivity index (χ1) is 11.6. The highest BCUT2D eigenvalue weighted by Gasteiger charge is 2.34. The lowest BCUT2D eigenvalue weighted by molar-refractivity contribution is 0.109. The van der Waals surface area contributed by atoms with Gasteiger partial charge in [-0.15, -0.1) is 0 Å². The molecule has 1 saturated heterocycles. The van der Waals surface area contributed by atoms with Gasteiger partial charge in [0.2, 0.25) is 0 Å². The SMILES string of the molecule is CO[C@@H]1C[C@@H](c2nc(C)c(C)[nH]2)N(C/C=C/c2ccc(F)cc2)C1. The van der Waals surface area contributed by atoms with Gasteiger partial charge in [-0.1, -0.05) is 24.3 Å². The molecule has 2 atom stereocenters. The van der Waals surface area contributed by atoms with Crippen LogP contribution in [0.15, 0.2) is 30.3 Å². The lowest BCUT2D eigenvalue weighted by atomic mass is 10.2. The molecule has 1 aromatic carbocycles. The highest BCUT2D eigenvalue weighted by Crippen LogP contribution is 2.32. The molecule has 0 amide bonds. The standard InChI is InChI=1S/C19H24FN3O/c1-13-14(2)22-19(21-13)18-11-17(24-3)12-23(18)10-4-5-15-6-8-16(20)9-7-15/h4-9,17-18H,10-12H2,1-3H3,(H,21,22)/b5-4+/t17-,18+/m1/s1. The molecule has 1 fully saturated rings. The molecule has 0 aliphatic carbocycles. The molecule has 4 nitrogen and oxygen atoms in total. The van der Waals surface area contributed by atoms with Gasteiger partial charge in [-0.05, 0) is 38.0 Å². The molecule has 3 rings (SSSR count). The fourth-order valence-electron chi connectivity index (χ4n) is 3.15. The average Bonchev–Trinajstić information content (AvgIpc) is 3.13. The Labute approximate surface area is 142 Å². The van der Waals surface area contributed by atoms with Gasteiger partial charge < -0.3 is 9.72 Å². The normalized spacial score (nSPS) is 21.8. The Kier molecular flexibility index (Phi) is 5.11. The summed E-state index contributed by atoms with van der Waals surface area (Å²) >= 11 is 0. The van der Waals surface area contributed by atoms with Crippen molar-refractivity contribution in [3.05, 3.63) is 58.9 Å². The van der Waals surface area contributed by atoms with Crippen molar-refractivity contribution in [2.75, 3.05) is 20.2 Å². The van der Waals surface area contributed by atoms with E-state index in [2.05, 4.69) is 20.9 Å². The molecule has 1 aliphatic heterocycles. The first kappa shape index (κ1) is 16.9. The van der Waals surface area contributed by atoms with Gasteiger partial charge in [0.1, 0.15) is 11.6 Å². The van der Waals surface area contributed by atoms with Crippen LogP contribution in [0.1, 0.15) is 35.2 Å². The van der Waals surface area contributed by atoms with Gasteiger partial charge in [0, 0.05) is 25.9 Å². The number of methoxy groups -OCH3 is 1. The van der Waals surface area contributed by atoms with Crippen molar-refractivity contribution in [1.29, 1.82) is 0 Å². The Morgan fingerprint density at radius 3 is 2.71 bits per heavy atom. The van der Waals surface area contributed by atoms with Crippen LogP contribution >= 0.6 is 0 Å². The summed E-state index contributed by atoms with van der Waals surface area (Å²) in [7, 11) is 1.76. The second-order valence-corrected chi connectivity index (χ2v) is 6.35. The molecule has 0 unspecified atom stereocenters. The Balaban J connectivity index is 1.70. The Bertz CT molecular complexity index is 688.